The molecule has 4 heterocycles. The molecular formula is C15H14F6N6O2S. The van der Waals surface area contributed by atoms with E-state index < -0.39 is 47.3 Å². The third kappa shape index (κ3) is 3.65. The molecule has 1 saturated heterocycles. The van der Waals surface area contributed by atoms with E-state index in [1.54, 1.807) is 4.90 Å². The second-order valence-electron chi connectivity index (χ2n) is 7.03. The van der Waals surface area contributed by atoms with E-state index >= 15 is 0 Å². The minimum Gasteiger partial charge on any atom is -0.410 e. The molecule has 2 aromatic heterocycles. The number of anilines is 2. The number of hydrogen-bond acceptors (Lipinski definition) is 7. The highest BCUT2D eigenvalue weighted by atomic mass is 32.1. The quantitative estimate of drug-likeness (QED) is 0.532. The Labute approximate surface area is 168 Å². The van der Waals surface area contributed by atoms with Crippen LogP contribution < -0.4 is 10.2 Å². The Morgan fingerprint density at radius 2 is 1.77 bits per heavy atom. The van der Waals surface area contributed by atoms with Crippen molar-refractivity contribution in [2.45, 2.75) is 43.5 Å². The molecule has 0 radical (unpaired) electrons. The molecule has 1 amide bonds. The van der Waals surface area contributed by atoms with Crippen molar-refractivity contribution in [1.82, 2.24) is 20.1 Å². The van der Waals surface area contributed by atoms with Crippen molar-refractivity contribution in [3.05, 3.63) is 16.3 Å². The summed E-state index contributed by atoms with van der Waals surface area (Å²) in [6, 6.07) is 0. The predicted molar refractivity (Wildman–Crippen MR) is 90.6 cm³/mol. The minimum absolute atomic E-state index is 0.0303. The average molecular weight is 456 g/mol. The molecular weight excluding hydrogens is 442 g/mol. The number of piperidine rings is 1. The molecule has 2 aromatic rings. The van der Waals surface area contributed by atoms with Crippen LogP contribution in [0.2, 0.25) is 0 Å². The first-order chi connectivity index (χ1) is 13.9. The van der Waals surface area contributed by atoms with Crippen LogP contribution in [-0.4, -0.2) is 50.5 Å². The lowest BCUT2D eigenvalue weighted by atomic mass is 9.84. The lowest BCUT2D eigenvalue weighted by Gasteiger charge is -2.32. The average Bonchev–Trinajstić information content (AvgIpc) is 3.26. The van der Waals surface area contributed by atoms with E-state index in [1.165, 1.54) is 0 Å². The van der Waals surface area contributed by atoms with Gasteiger partial charge in [-0.3, -0.25) is 4.79 Å². The van der Waals surface area contributed by atoms with E-state index in [0.29, 0.717) is 11.3 Å². The number of fused-ring (bicyclic) bond motifs is 1. The van der Waals surface area contributed by atoms with E-state index in [0.717, 1.165) is 0 Å². The number of alkyl halides is 6. The Bertz CT molecular complexity index is 962. The first-order valence-corrected chi connectivity index (χ1v) is 9.61. The molecule has 15 heteroatoms. The second-order valence-corrected chi connectivity index (χ2v) is 7.99. The van der Waals surface area contributed by atoms with Crippen molar-refractivity contribution in [2.24, 2.45) is 0 Å². The van der Waals surface area contributed by atoms with Gasteiger partial charge in [0.1, 0.15) is 0 Å². The third-order valence-electron chi connectivity index (χ3n) is 5.13. The van der Waals surface area contributed by atoms with Crippen LogP contribution in [-0.2, 0) is 11.0 Å². The standard InChI is InChI=1S/C15H14F6N6O2S/c16-14(17,18)7-5-8(28)22-11-9(7)10(25-27(11)29)6-1-3-26(4-2-6)13-24-23-12(30-13)15(19,20)21/h6-7,29H,1-5H2,(H,22,28). The highest BCUT2D eigenvalue weighted by Crippen LogP contribution is 2.47. The first kappa shape index (κ1) is 20.7. The molecule has 2 N–H and O–H groups in total. The maximum atomic E-state index is 13.5. The molecule has 2 aliphatic rings. The van der Waals surface area contributed by atoms with E-state index in [9.17, 15) is 36.3 Å². The van der Waals surface area contributed by atoms with E-state index in [-0.39, 0.29) is 47.2 Å². The fraction of sp³-hybridized carbons (Fsp3) is 0.600. The van der Waals surface area contributed by atoms with Gasteiger partial charge in [0.15, 0.2) is 5.82 Å². The van der Waals surface area contributed by atoms with Gasteiger partial charge in [0, 0.05) is 31.0 Å². The molecule has 4 rings (SSSR count). The number of nitrogens with one attached hydrogen (secondary N) is 1. The van der Waals surface area contributed by atoms with Gasteiger partial charge in [0.05, 0.1) is 11.6 Å². The number of amides is 1. The zero-order valence-corrected chi connectivity index (χ0v) is 15.8. The Balaban J connectivity index is 1.55. The minimum atomic E-state index is -4.70. The summed E-state index contributed by atoms with van der Waals surface area (Å²) in [5.41, 5.74) is -0.235. The summed E-state index contributed by atoms with van der Waals surface area (Å²) >= 11 is 0.397. The molecule has 164 valence electrons. The van der Waals surface area contributed by atoms with Crippen molar-refractivity contribution in [3.8, 4) is 0 Å². The van der Waals surface area contributed by atoms with Crippen molar-refractivity contribution < 1.29 is 36.3 Å². The molecule has 1 atom stereocenters. The first-order valence-electron chi connectivity index (χ1n) is 8.79. The molecule has 30 heavy (non-hydrogen) atoms. The topological polar surface area (TPSA) is 96.2 Å². The Morgan fingerprint density at radius 1 is 1.10 bits per heavy atom. The number of rotatable bonds is 2. The largest absolute Gasteiger partial charge is 0.445 e. The summed E-state index contributed by atoms with van der Waals surface area (Å²) in [7, 11) is 0. The summed E-state index contributed by atoms with van der Waals surface area (Å²) in [5.74, 6) is -3.84. The van der Waals surface area contributed by atoms with Crippen molar-refractivity contribution >= 4 is 28.2 Å². The third-order valence-corrected chi connectivity index (χ3v) is 6.16. The van der Waals surface area contributed by atoms with Gasteiger partial charge in [-0.2, -0.15) is 26.3 Å². The Hall–Kier alpha value is -2.58. The second kappa shape index (κ2) is 6.99. The lowest BCUT2D eigenvalue weighted by Crippen LogP contribution is -2.35. The van der Waals surface area contributed by atoms with Gasteiger partial charge in [-0.25, -0.2) is 0 Å². The van der Waals surface area contributed by atoms with Crippen LogP contribution in [0.5, 0.6) is 0 Å². The molecule has 1 unspecified atom stereocenters. The summed E-state index contributed by atoms with van der Waals surface area (Å²) in [4.78, 5) is 13.5. The van der Waals surface area contributed by atoms with Crippen LogP contribution in [0.4, 0.5) is 37.3 Å². The van der Waals surface area contributed by atoms with Crippen molar-refractivity contribution in [2.75, 3.05) is 23.3 Å². The van der Waals surface area contributed by atoms with Crippen LogP contribution >= 0.6 is 11.3 Å². The van der Waals surface area contributed by atoms with Gasteiger partial charge in [0.2, 0.25) is 16.0 Å². The predicted octanol–water partition coefficient (Wildman–Crippen LogP) is 3.36. The zero-order valence-electron chi connectivity index (χ0n) is 15.0. The molecule has 0 bridgehead atoms. The Kier molecular flexibility index (Phi) is 4.82. The number of nitrogens with zero attached hydrogens (tertiary/aromatic N) is 5. The summed E-state index contributed by atoms with van der Waals surface area (Å²) in [5, 5.41) is 21.6. The Morgan fingerprint density at radius 3 is 2.33 bits per heavy atom. The summed E-state index contributed by atoms with van der Waals surface area (Å²) in [6.07, 6.45) is -9.55. The van der Waals surface area contributed by atoms with Gasteiger partial charge in [0.25, 0.3) is 0 Å². The SMILES string of the molecule is O=C1CC(C(F)(F)F)c2c(C3CCN(c4nnc(C(F)(F)F)s4)CC3)nn(O)c2N1. The summed E-state index contributed by atoms with van der Waals surface area (Å²) in [6.45, 7) is 0.459. The highest BCUT2D eigenvalue weighted by Gasteiger charge is 2.49. The maximum absolute atomic E-state index is 13.5. The molecule has 8 nitrogen and oxygen atoms in total. The molecule has 0 saturated carbocycles. The van der Waals surface area contributed by atoms with Crippen LogP contribution in [0.3, 0.4) is 0 Å². The van der Waals surface area contributed by atoms with Crippen LogP contribution in [0.15, 0.2) is 0 Å². The van der Waals surface area contributed by atoms with Crippen LogP contribution in [0, 0.1) is 0 Å². The van der Waals surface area contributed by atoms with E-state index in [2.05, 4.69) is 20.6 Å². The van der Waals surface area contributed by atoms with Crippen molar-refractivity contribution in [1.29, 1.82) is 0 Å². The maximum Gasteiger partial charge on any atom is 0.445 e. The lowest BCUT2D eigenvalue weighted by molar-refractivity contribution is -0.157. The van der Waals surface area contributed by atoms with Gasteiger partial charge >= 0.3 is 12.4 Å². The molecule has 2 aliphatic heterocycles. The molecule has 0 aliphatic carbocycles. The molecule has 0 aromatic carbocycles. The number of aromatic nitrogens is 4. The summed E-state index contributed by atoms with van der Waals surface area (Å²) < 4.78 is 78.7. The number of carbonyl (C=O) groups is 1. The fourth-order valence-electron chi connectivity index (χ4n) is 3.75. The van der Waals surface area contributed by atoms with E-state index in [1.807, 2.05) is 0 Å². The van der Waals surface area contributed by atoms with Gasteiger partial charge in [-0.1, -0.05) is 16.2 Å². The number of halogens is 6. The normalized spacial score (nSPS) is 20.9. The van der Waals surface area contributed by atoms with E-state index in [4.69, 9.17) is 0 Å². The smallest absolute Gasteiger partial charge is 0.410 e. The van der Waals surface area contributed by atoms with Crippen LogP contribution in [0.1, 0.15) is 47.4 Å². The van der Waals surface area contributed by atoms with Gasteiger partial charge in [-0.15, -0.1) is 15.3 Å². The van der Waals surface area contributed by atoms with Gasteiger partial charge in [-0.05, 0) is 12.8 Å². The molecule has 1 fully saturated rings. The number of hydrogen-bond donors (Lipinski definition) is 2. The highest BCUT2D eigenvalue weighted by molar-refractivity contribution is 7.15. The van der Waals surface area contributed by atoms with Gasteiger partial charge < -0.3 is 15.4 Å². The monoisotopic (exact) mass is 456 g/mol. The fourth-order valence-corrected chi connectivity index (χ4v) is 4.51. The zero-order chi connectivity index (χ0) is 21.8. The van der Waals surface area contributed by atoms with Crippen LogP contribution in [0.25, 0.3) is 0 Å². The van der Waals surface area contributed by atoms with Crippen molar-refractivity contribution in [3.63, 3.8) is 0 Å². The number of carbonyl (C=O) groups excluding carboxylic acids is 1. The molecule has 0 spiro atoms.